The molecule has 5 rings (SSSR count). The van der Waals surface area contributed by atoms with E-state index in [-0.39, 0.29) is 41.2 Å². The standard InChI is InChI=1S/C32H44F3N5O2/c1-31(17-7-8-18-31)39(2)19-16-23(20-29(41)36-22-10-9-11-22)37-30(42)27-21-28(40(38-27)24-12-3-4-13-24)25-14-5-6-15-26(25)32(33,34)35/h5-6,14-15,21-24H,3-4,7-13,16-20H2,1-2H3,(H,36,41)(H,37,42). The van der Waals surface area contributed by atoms with Crippen molar-refractivity contribution in [1.29, 1.82) is 0 Å². The Kier molecular flexibility index (Phi) is 9.30. The molecule has 230 valence electrons. The molecular formula is C32H44F3N5O2. The Morgan fingerprint density at radius 1 is 1.07 bits per heavy atom. The summed E-state index contributed by atoms with van der Waals surface area (Å²) in [6, 6.07) is 6.66. The monoisotopic (exact) mass is 587 g/mol. The quantitative estimate of drug-likeness (QED) is 0.315. The van der Waals surface area contributed by atoms with Gasteiger partial charge in [-0.05, 0) is 77.5 Å². The first-order valence-corrected chi connectivity index (χ1v) is 15.6. The van der Waals surface area contributed by atoms with E-state index < -0.39 is 23.7 Å². The van der Waals surface area contributed by atoms with E-state index in [1.807, 2.05) is 0 Å². The van der Waals surface area contributed by atoms with Gasteiger partial charge >= 0.3 is 6.18 Å². The summed E-state index contributed by atoms with van der Waals surface area (Å²) in [7, 11) is 2.10. The van der Waals surface area contributed by atoms with Crippen LogP contribution in [-0.2, 0) is 11.0 Å². The number of aromatic nitrogens is 2. The van der Waals surface area contributed by atoms with Crippen LogP contribution in [0.1, 0.15) is 112 Å². The second-order valence-electron chi connectivity index (χ2n) is 12.8. The fraction of sp³-hybridized carbons (Fsp3) is 0.656. The number of halogens is 3. The Labute approximate surface area is 246 Å². The second-order valence-corrected chi connectivity index (χ2v) is 12.8. The van der Waals surface area contributed by atoms with E-state index in [2.05, 4.69) is 34.6 Å². The molecule has 2 aromatic rings. The Balaban J connectivity index is 1.37. The zero-order valence-corrected chi connectivity index (χ0v) is 24.8. The van der Waals surface area contributed by atoms with Gasteiger partial charge in [-0.3, -0.25) is 14.3 Å². The Morgan fingerprint density at radius 2 is 1.76 bits per heavy atom. The van der Waals surface area contributed by atoms with Crippen molar-refractivity contribution >= 4 is 11.8 Å². The summed E-state index contributed by atoms with van der Waals surface area (Å²) >= 11 is 0. The fourth-order valence-electron chi connectivity index (χ4n) is 6.77. The van der Waals surface area contributed by atoms with Gasteiger partial charge in [-0.15, -0.1) is 0 Å². The maximum absolute atomic E-state index is 14.0. The third kappa shape index (κ3) is 7.01. The van der Waals surface area contributed by atoms with Crippen LogP contribution in [0.2, 0.25) is 0 Å². The van der Waals surface area contributed by atoms with Crippen LogP contribution in [0.5, 0.6) is 0 Å². The largest absolute Gasteiger partial charge is 0.417 e. The zero-order valence-electron chi connectivity index (χ0n) is 24.8. The molecule has 2 N–H and O–H groups in total. The van der Waals surface area contributed by atoms with Gasteiger partial charge in [0.25, 0.3) is 5.91 Å². The fourth-order valence-corrected chi connectivity index (χ4v) is 6.77. The van der Waals surface area contributed by atoms with E-state index in [1.54, 1.807) is 10.7 Å². The maximum atomic E-state index is 14.0. The van der Waals surface area contributed by atoms with Crippen molar-refractivity contribution in [2.24, 2.45) is 0 Å². The first kappa shape index (κ1) is 30.6. The predicted octanol–water partition coefficient (Wildman–Crippen LogP) is 6.50. The highest BCUT2D eigenvalue weighted by atomic mass is 19.4. The van der Waals surface area contributed by atoms with E-state index in [9.17, 15) is 22.8 Å². The lowest BCUT2D eigenvalue weighted by Crippen LogP contribution is -2.47. The molecule has 0 spiro atoms. The first-order valence-electron chi connectivity index (χ1n) is 15.6. The first-order chi connectivity index (χ1) is 20.0. The van der Waals surface area contributed by atoms with Gasteiger partial charge in [0, 0.05) is 36.2 Å². The van der Waals surface area contributed by atoms with Crippen molar-refractivity contribution in [2.45, 2.75) is 120 Å². The van der Waals surface area contributed by atoms with Crippen molar-refractivity contribution in [3.05, 3.63) is 41.6 Å². The zero-order chi connectivity index (χ0) is 29.9. The van der Waals surface area contributed by atoms with E-state index >= 15 is 0 Å². The SMILES string of the molecule is CN(CCC(CC(=O)NC1CCC1)NC(=O)c1cc(-c2ccccc2C(F)(F)F)n(C2CCCC2)n1)C1(C)CCCC1. The van der Waals surface area contributed by atoms with Crippen molar-refractivity contribution in [3.8, 4) is 11.3 Å². The van der Waals surface area contributed by atoms with Gasteiger partial charge in [-0.1, -0.05) is 43.9 Å². The van der Waals surface area contributed by atoms with Crippen LogP contribution in [0.25, 0.3) is 11.3 Å². The molecule has 1 atom stereocenters. The molecule has 0 aliphatic heterocycles. The van der Waals surface area contributed by atoms with E-state index in [1.165, 1.54) is 31.0 Å². The number of rotatable bonds is 11. The minimum atomic E-state index is -4.54. The molecule has 0 radical (unpaired) electrons. The number of hydrogen-bond acceptors (Lipinski definition) is 4. The summed E-state index contributed by atoms with van der Waals surface area (Å²) in [4.78, 5) is 28.9. The van der Waals surface area contributed by atoms with E-state index in [0.717, 1.165) is 70.4 Å². The van der Waals surface area contributed by atoms with Crippen molar-refractivity contribution in [1.82, 2.24) is 25.3 Å². The van der Waals surface area contributed by atoms with Crippen molar-refractivity contribution in [2.75, 3.05) is 13.6 Å². The summed E-state index contributed by atoms with van der Waals surface area (Å²) in [5.74, 6) is -0.551. The van der Waals surface area contributed by atoms with Crippen LogP contribution >= 0.6 is 0 Å². The molecule has 42 heavy (non-hydrogen) atoms. The highest BCUT2D eigenvalue weighted by molar-refractivity contribution is 5.94. The number of benzene rings is 1. The predicted molar refractivity (Wildman–Crippen MR) is 156 cm³/mol. The molecule has 0 saturated heterocycles. The molecule has 1 aromatic heterocycles. The highest BCUT2D eigenvalue weighted by Crippen LogP contribution is 2.40. The molecule has 1 aromatic carbocycles. The average Bonchev–Trinajstić information content (AvgIpc) is 3.70. The molecule has 3 saturated carbocycles. The van der Waals surface area contributed by atoms with Gasteiger partial charge in [0.05, 0.1) is 17.3 Å². The van der Waals surface area contributed by atoms with Crippen molar-refractivity contribution in [3.63, 3.8) is 0 Å². The van der Waals surface area contributed by atoms with Crippen LogP contribution in [0.4, 0.5) is 13.2 Å². The summed E-state index contributed by atoms with van der Waals surface area (Å²) in [5, 5.41) is 10.7. The van der Waals surface area contributed by atoms with Gasteiger partial charge in [-0.2, -0.15) is 18.3 Å². The van der Waals surface area contributed by atoms with Crippen LogP contribution in [0, 0.1) is 0 Å². The van der Waals surface area contributed by atoms with Gasteiger partial charge < -0.3 is 15.5 Å². The van der Waals surface area contributed by atoms with Crippen molar-refractivity contribution < 1.29 is 22.8 Å². The summed E-state index contributed by atoms with van der Waals surface area (Å²) in [6.45, 7) is 2.99. The number of nitrogens with zero attached hydrogens (tertiary/aromatic N) is 3. The molecule has 7 nitrogen and oxygen atoms in total. The minimum Gasteiger partial charge on any atom is -0.353 e. The number of nitrogens with one attached hydrogen (secondary N) is 2. The maximum Gasteiger partial charge on any atom is 0.417 e. The lowest BCUT2D eigenvalue weighted by Gasteiger charge is -2.36. The highest BCUT2D eigenvalue weighted by Gasteiger charge is 2.36. The molecule has 1 heterocycles. The Bertz CT molecular complexity index is 1240. The normalized spacial score (nSPS) is 20.0. The number of carbonyl (C=O) groups is 2. The topological polar surface area (TPSA) is 79.3 Å². The molecule has 3 fully saturated rings. The number of hydrogen-bond donors (Lipinski definition) is 2. The van der Waals surface area contributed by atoms with Crippen LogP contribution in [-0.4, -0.2) is 57.7 Å². The second kappa shape index (κ2) is 12.8. The molecule has 10 heteroatoms. The number of carbonyl (C=O) groups excluding carboxylic acids is 2. The molecule has 3 aliphatic rings. The molecular weight excluding hydrogens is 543 g/mol. The van der Waals surface area contributed by atoms with E-state index in [0.29, 0.717) is 12.1 Å². The van der Waals surface area contributed by atoms with Gasteiger partial charge in [0.15, 0.2) is 5.69 Å². The molecule has 3 aliphatic carbocycles. The van der Waals surface area contributed by atoms with Crippen LogP contribution in [0.15, 0.2) is 30.3 Å². The van der Waals surface area contributed by atoms with Crippen LogP contribution < -0.4 is 10.6 Å². The molecule has 1 unspecified atom stereocenters. The number of alkyl halides is 3. The summed E-state index contributed by atoms with van der Waals surface area (Å²) < 4.78 is 43.5. The van der Waals surface area contributed by atoms with E-state index in [4.69, 9.17) is 0 Å². The third-order valence-electron chi connectivity index (χ3n) is 9.80. The smallest absolute Gasteiger partial charge is 0.353 e. The number of amides is 2. The summed E-state index contributed by atoms with van der Waals surface area (Å²) in [6.07, 6.45) is 7.47. The van der Waals surface area contributed by atoms with Gasteiger partial charge in [0.2, 0.25) is 5.91 Å². The average molecular weight is 588 g/mol. The minimum absolute atomic E-state index is 0.0197. The lowest BCUT2D eigenvalue weighted by atomic mass is 9.93. The third-order valence-corrected chi connectivity index (χ3v) is 9.80. The Morgan fingerprint density at radius 3 is 2.40 bits per heavy atom. The van der Waals surface area contributed by atoms with Gasteiger partial charge in [-0.25, -0.2) is 0 Å². The summed E-state index contributed by atoms with van der Waals surface area (Å²) in [5.41, 5.74) is -0.234. The van der Waals surface area contributed by atoms with Crippen LogP contribution in [0.3, 0.4) is 0 Å². The molecule has 0 bridgehead atoms. The van der Waals surface area contributed by atoms with Gasteiger partial charge in [0.1, 0.15) is 0 Å². The lowest BCUT2D eigenvalue weighted by molar-refractivity contribution is -0.137. The Hall–Kier alpha value is -2.88. The molecule has 2 amide bonds.